The molecule has 0 aliphatic carbocycles. The number of carbonyl (C=O) groups is 1. The predicted octanol–water partition coefficient (Wildman–Crippen LogP) is 1.38. The first-order chi connectivity index (χ1) is 11.9. The zero-order valence-electron chi connectivity index (χ0n) is 15.2. The van der Waals surface area contributed by atoms with Gasteiger partial charge in [-0.1, -0.05) is 11.6 Å². The van der Waals surface area contributed by atoms with Crippen LogP contribution in [0.4, 0.5) is 0 Å². The van der Waals surface area contributed by atoms with Crippen molar-refractivity contribution in [2.75, 3.05) is 47.4 Å². The number of ether oxygens (including phenoxy) is 2. The van der Waals surface area contributed by atoms with Crippen LogP contribution in [0.15, 0.2) is 29.3 Å². The summed E-state index contributed by atoms with van der Waals surface area (Å²) >= 11 is 5.86. The van der Waals surface area contributed by atoms with E-state index >= 15 is 0 Å². The van der Waals surface area contributed by atoms with Gasteiger partial charge in [0, 0.05) is 32.8 Å². The van der Waals surface area contributed by atoms with E-state index in [4.69, 9.17) is 21.1 Å². The molecule has 0 bridgehead atoms. The molecule has 0 saturated carbocycles. The summed E-state index contributed by atoms with van der Waals surface area (Å²) in [6.07, 6.45) is -0.0971. The second-order valence-corrected chi connectivity index (χ2v) is 6.07. The first-order valence-electron chi connectivity index (χ1n) is 8.06. The van der Waals surface area contributed by atoms with E-state index in [-0.39, 0.29) is 18.6 Å². The minimum atomic E-state index is -0.0971. The fourth-order valence-corrected chi connectivity index (χ4v) is 1.89. The summed E-state index contributed by atoms with van der Waals surface area (Å²) < 4.78 is 10.8. The fourth-order valence-electron chi connectivity index (χ4n) is 1.76. The molecule has 1 atom stereocenters. The summed E-state index contributed by atoms with van der Waals surface area (Å²) in [5.41, 5.74) is 0. The smallest absolute Gasteiger partial charge is 0.243 e. The van der Waals surface area contributed by atoms with Crippen LogP contribution in [0.1, 0.15) is 6.92 Å². The van der Waals surface area contributed by atoms with E-state index in [0.29, 0.717) is 30.7 Å². The zero-order valence-corrected chi connectivity index (χ0v) is 16.0. The van der Waals surface area contributed by atoms with Crippen LogP contribution in [0, 0.1) is 0 Å². The highest BCUT2D eigenvalue weighted by atomic mass is 35.5. The van der Waals surface area contributed by atoms with E-state index in [0.717, 1.165) is 5.75 Å². The van der Waals surface area contributed by atoms with Crippen molar-refractivity contribution >= 4 is 23.5 Å². The Balaban J connectivity index is 2.52. The number of carbonyl (C=O) groups excluding carboxylic acids is 1. The van der Waals surface area contributed by atoms with Crippen LogP contribution in [0.5, 0.6) is 5.75 Å². The van der Waals surface area contributed by atoms with Crippen LogP contribution in [-0.2, 0) is 9.53 Å². The van der Waals surface area contributed by atoms with Crippen LogP contribution in [-0.4, -0.2) is 70.3 Å². The first kappa shape index (κ1) is 21.1. The number of rotatable bonds is 9. The van der Waals surface area contributed by atoms with Crippen molar-refractivity contribution in [2.45, 2.75) is 13.0 Å². The lowest BCUT2D eigenvalue weighted by atomic mass is 10.3. The van der Waals surface area contributed by atoms with E-state index in [1.165, 1.54) is 4.90 Å². The van der Waals surface area contributed by atoms with E-state index < -0.39 is 0 Å². The molecule has 2 N–H and O–H groups in total. The van der Waals surface area contributed by atoms with E-state index in [9.17, 15) is 4.79 Å². The Kier molecular flexibility index (Phi) is 9.72. The number of halogens is 1. The van der Waals surface area contributed by atoms with Gasteiger partial charge in [-0.3, -0.25) is 4.79 Å². The maximum absolute atomic E-state index is 11.7. The second kappa shape index (κ2) is 11.5. The molecule has 0 fully saturated rings. The molecule has 1 aromatic rings. The molecule has 0 heterocycles. The van der Waals surface area contributed by atoms with Gasteiger partial charge in [-0.2, -0.15) is 0 Å². The number of nitrogens with one attached hydrogen (secondary N) is 2. The van der Waals surface area contributed by atoms with Gasteiger partial charge in [0.1, 0.15) is 18.4 Å². The van der Waals surface area contributed by atoms with Crippen LogP contribution in [0.25, 0.3) is 0 Å². The van der Waals surface area contributed by atoms with Gasteiger partial charge in [0.05, 0.1) is 13.2 Å². The molecule has 0 aliphatic rings. The average molecular weight is 371 g/mol. The second-order valence-electron chi connectivity index (χ2n) is 5.64. The minimum Gasteiger partial charge on any atom is -0.489 e. The summed E-state index contributed by atoms with van der Waals surface area (Å²) in [5.74, 6) is 1.21. The Labute approximate surface area is 154 Å². The Morgan fingerprint density at radius 3 is 2.56 bits per heavy atom. The number of amides is 1. The maximum Gasteiger partial charge on any atom is 0.243 e. The Hall–Kier alpha value is -1.99. The van der Waals surface area contributed by atoms with E-state index in [1.807, 2.05) is 19.1 Å². The molecule has 0 saturated heterocycles. The normalized spacial score (nSPS) is 12.4. The maximum atomic E-state index is 11.7. The van der Waals surface area contributed by atoms with Gasteiger partial charge in [0.15, 0.2) is 5.96 Å². The third kappa shape index (κ3) is 9.16. The molecule has 1 amide bonds. The first-order valence-corrected chi connectivity index (χ1v) is 8.43. The zero-order chi connectivity index (χ0) is 18.7. The quantitative estimate of drug-likeness (QED) is 0.390. The summed E-state index contributed by atoms with van der Waals surface area (Å²) in [5, 5.41) is 6.94. The minimum absolute atomic E-state index is 0.0710. The van der Waals surface area contributed by atoms with Crippen molar-refractivity contribution in [2.24, 2.45) is 4.99 Å². The summed E-state index contributed by atoms with van der Waals surface area (Å²) in [4.78, 5) is 17.5. The molecule has 140 valence electrons. The number of hydrogen-bond acceptors (Lipinski definition) is 4. The Bertz CT molecular complexity index is 549. The number of nitrogens with zero attached hydrogens (tertiary/aromatic N) is 2. The SMILES string of the molecule is COCCNC(=NCC(=O)N(C)C)NCC(C)Oc1ccc(Cl)cc1. The number of methoxy groups -OCH3 is 1. The topological polar surface area (TPSA) is 75.2 Å². The van der Waals surface area contributed by atoms with Gasteiger partial charge >= 0.3 is 0 Å². The van der Waals surface area contributed by atoms with Gasteiger partial charge in [-0.05, 0) is 31.2 Å². The van der Waals surface area contributed by atoms with Gasteiger partial charge in [-0.25, -0.2) is 4.99 Å². The highest BCUT2D eigenvalue weighted by Gasteiger charge is 2.08. The third-order valence-corrected chi connectivity index (χ3v) is 3.43. The van der Waals surface area contributed by atoms with Gasteiger partial charge in [0.2, 0.25) is 5.91 Å². The van der Waals surface area contributed by atoms with Gasteiger partial charge < -0.3 is 25.0 Å². The third-order valence-electron chi connectivity index (χ3n) is 3.18. The van der Waals surface area contributed by atoms with E-state index in [2.05, 4.69) is 15.6 Å². The van der Waals surface area contributed by atoms with Crippen LogP contribution < -0.4 is 15.4 Å². The molecule has 0 aromatic heterocycles. The number of hydrogen-bond donors (Lipinski definition) is 2. The molecule has 8 heteroatoms. The molecule has 1 rings (SSSR count). The lowest BCUT2D eigenvalue weighted by Crippen LogP contribution is -2.43. The van der Waals surface area contributed by atoms with Crippen molar-refractivity contribution in [3.05, 3.63) is 29.3 Å². The number of guanidine groups is 1. The molecule has 25 heavy (non-hydrogen) atoms. The molecule has 0 spiro atoms. The standard InChI is InChI=1S/C17H27ClN4O3/c1-13(25-15-7-5-14(18)6-8-15)11-20-17(19-9-10-24-4)21-12-16(23)22(2)3/h5-8,13H,9-12H2,1-4H3,(H2,19,20,21). The average Bonchev–Trinajstić information content (AvgIpc) is 2.58. The van der Waals surface area contributed by atoms with Crippen molar-refractivity contribution in [1.82, 2.24) is 15.5 Å². The molecular weight excluding hydrogens is 344 g/mol. The van der Waals surface area contributed by atoms with Crippen molar-refractivity contribution in [3.8, 4) is 5.75 Å². The Morgan fingerprint density at radius 2 is 1.96 bits per heavy atom. The number of benzene rings is 1. The summed E-state index contributed by atoms with van der Waals surface area (Å²) in [6, 6.07) is 7.20. The van der Waals surface area contributed by atoms with Crippen LogP contribution in [0.2, 0.25) is 5.02 Å². The van der Waals surface area contributed by atoms with Gasteiger partial charge in [0.25, 0.3) is 0 Å². The van der Waals surface area contributed by atoms with Crippen molar-refractivity contribution < 1.29 is 14.3 Å². The van der Waals surface area contributed by atoms with Crippen molar-refractivity contribution in [1.29, 1.82) is 0 Å². The molecule has 0 aliphatic heterocycles. The van der Waals surface area contributed by atoms with E-state index in [1.54, 1.807) is 33.3 Å². The lowest BCUT2D eigenvalue weighted by molar-refractivity contribution is -0.127. The number of likely N-dealkylation sites (N-methyl/N-ethyl adjacent to an activating group) is 1. The highest BCUT2D eigenvalue weighted by Crippen LogP contribution is 2.16. The van der Waals surface area contributed by atoms with Crippen LogP contribution in [0.3, 0.4) is 0 Å². The highest BCUT2D eigenvalue weighted by molar-refractivity contribution is 6.30. The largest absolute Gasteiger partial charge is 0.489 e. The fraction of sp³-hybridized carbons (Fsp3) is 0.529. The lowest BCUT2D eigenvalue weighted by Gasteiger charge is -2.18. The summed E-state index contributed by atoms with van der Waals surface area (Å²) in [6.45, 7) is 3.67. The number of aliphatic imine (C=N–C) groups is 1. The summed E-state index contributed by atoms with van der Waals surface area (Å²) in [7, 11) is 5.03. The molecular formula is C17H27ClN4O3. The van der Waals surface area contributed by atoms with Gasteiger partial charge in [-0.15, -0.1) is 0 Å². The molecule has 0 radical (unpaired) electrons. The van der Waals surface area contributed by atoms with Crippen LogP contribution >= 0.6 is 11.6 Å². The monoisotopic (exact) mass is 370 g/mol. The molecule has 1 aromatic carbocycles. The van der Waals surface area contributed by atoms with Crippen molar-refractivity contribution in [3.63, 3.8) is 0 Å². The molecule has 1 unspecified atom stereocenters. The molecule has 7 nitrogen and oxygen atoms in total. The Morgan fingerprint density at radius 1 is 1.28 bits per heavy atom. The predicted molar refractivity (Wildman–Crippen MR) is 100 cm³/mol.